The Labute approximate surface area is 149 Å². The zero-order valence-corrected chi connectivity index (χ0v) is 14.7. The minimum absolute atomic E-state index is 0.0735. The van der Waals surface area contributed by atoms with Crippen LogP contribution in [0.5, 0.6) is 0 Å². The summed E-state index contributed by atoms with van der Waals surface area (Å²) in [5.74, 6) is 0. The lowest BCUT2D eigenvalue weighted by atomic mass is 10.1. The monoisotopic (exact) mass is 338 g/mol. The van der Waals surface area contributed by atoms with Crippen LogP contribution in [0.1, 0.15) is 43.0 Å². The maximum Gasteiger partial charge on any atom is 0.315 e. The first-order valence-corrected chi connectivity index (χ1v) is 8.97. The third kappa shape index (κ3) is 4.79. The summed E-state index contributed by atoms with van der Waals surface area (Å²) in [5, 5.41) is 6.03. The van der Waals surface area contributed by atoms with Crippen molar-refractivity contribution in [1.82, 2.24) is 20.5 Å². The van der Waals surface area contributed by atoms with Crippen molar-refractivity contribution in [2.24, 2.45) is 0 Å². The first kappa shape index (κ1) is 17.4. The predicted molar refractivity (Wildman–Crippen MR) is 99.2 cm³/mol. The van der Waals surface area contributed by atoms with Gasteiger partial charge in [0.25, 0.3) is 0 Å². The molecule has 132 valence electrons. The quantitative estimate of drug-likeness (QED) is 0.850. The van der Waals surface area contributed by atoms with Gasteiger partial charge >= 0.3 is 6.03 Å². The number of pyridine rings is 1. The molecule has 5 heteroatoms. The normalized spacial score (nSPS) is 17.0. The van der Waals surface area contributed by atoms with Crippen molar-refractivity contribution in [3.63, 3.8) is 0 Å². The molecule has 2 N–H and O–H groups in total. The van der Waals surface area contributed by atoms with Gasteiger partial charge in [-0.05, 0) is 50.0 Å². The molecular formula is C20H26N4O. The number of rotatable bonds is 6. The molecule has 2 heterocycles. The van der Waals surface area contributed by atoms with Crippen LogP contribution in [0, 0.1) is 0 Å². The Kier molecular flexibility index (Phi) is 6.01. The Balaban J connectivity index is 1.58. The third-order valence-electron chi connectivity index (χ3n) is 4.75. The second-order valence-electron chi connectivity index (χ2n) is 6.53. The molecule has 2 atom stereocenters. The van der Waals surface area contributed by atoms with E-state index in [2.05, 4.69) is 44.8 Å². The summed E-state index contributed by atoms with van der Waals surface area (Å²) in [4.78, 5) is 18.9. The number of benzene rings is 1. The number of nitrogens with one attached hydrogen (secondary N) is 2. The van der Waals surface area contributed by atoms with E-state index >= 15 is 0 Å². The first-order chi connectivity index (χ1) is 12.2. The lowest BCUT2D eigenvalue weighted by Crippen LogP contribution is -2.42. The first-order valence-electron chi connectivity index (χ1n) is 8.97. The minimum Gasteiger partial charge on any atom is -0.336 e. The Morgan fingerprint density at radius 2 is 1.84 bits per heavy atom. The summed E-state index contributed by atoms with van der Waals surface area (Å²) >= 11 is 0. The largest absolute Gasteiger partial charge is 0.336 e. The Morgan fingerprint density at radius 3 is 2.52 bits per heavy atom. The van der Waals surface area contributed by atoms with E-state index in [1.54, 1.807) is 12.4 Å². The number of hydrogen-bond acceptors (Lipinski definition) is 3. The number of urea groups is 1. The topological polar surface area (TPSA) is 57.3 Å². The van der Waals surface area contributed by atoms with Gasteiger partial charge in [-0.25, -0.2) is 4.79 Å². The van der Waals surface area contributed by atoms with Crippen molar-refractivity contribution in [2.45, 2.75) is 31.8 Å². The molecule has 1 aromatic carbocycles. The van der Waals surface area contributed by atoms with Crippen molar-refractivity contribution >= 4 is 6.03 Å². The number of hydrogen-bond donors (Lipinski definition) is 2. The molecule has 0 radical (unpaired) electrons. The molecule has 0 spiro atoms. The highest BCUT2D eigenvalue weighted by Gasteiger charge is 2.24. The van der Waals surface area contributed by atoms with E-state index in [9.17, 15) is 4.79 Å². The van der Waals surface area contributed by atoms with Gasteiger partial charge in [-0.3, -0.25) is 9.88 Å². The average Bonchev–Trinajstić information content (AvgIpc) is 3.18. The SMILES string of the molecule is CC(NC(=O)NCC(c1ccccc1)N1CCCC1)c1cccnc1. The third-order valence-corrected chi connectivity index (χ3v) is 4.75. The fraction of sp³-hybridized carbons (Fsp3) is 0.400. The Bertz CT molecular complexity index is 656. The molecule has 2 unspecified atom stereocenters. The molecule has 0 aliphatic carbocycles. The van der Waals surface area contributed by atoms with Crippen LogP contribution in [0.4, 0.5) is 4.79 Å². The van der Waals surface area contributed by atoms with Crippen LogP contribution in [0.15, 0.2) is 54.9 Å². The number of nitrogens with zero attached hydrogens (tertiary/aromatic N) is 2. The van der Waals surface area contributed by atoms with Crippen molar-refractivity contribution in [3.05, 3.63) is 66.0 Å². The van der Waals surface area contributed by atoms with E-state index in [0.29, 0.717) is 6.54 Å². The van der Waals surface area contributed by atoms with Crippen molar-refractivity contribution in [3.8, 4) is 0 Å². The van der Waals surface area contributed by atoms with Crippen molar-refractivity contribution in [1.29, 1.82) is 0 Å². The van der Waals surface area contributed by atoms with Gasteiger partial charge in [0, 0.05) is 18.9 Å². The number of likely N-dealkylation sites (tertiary alicyclic amines) is 1. The molecule has 2 amide bonds. The standard InChI is InChI=1S/C20H26N4O/c1-16(18-10-7-11-21-14-18)23-20(25)22-15-19(24-12-5-6-13-24)17-8-3-2-4-9-17/h2-4,7-11,14,16,19H,5-6,12-13,15H2,1H3,(H2,22,23,25). The predicted octanol–water partition coefficient (Wildman–Crippen LogP) is 3.28. The summed E-state index contributed by atoms with van der Waals surface area (Å²) in [6.45, 7) is 4.76. The summed E-state index contributed by atoms with van der Waals surface area (Å²) in [6, 6.07) is 14.3. The van der Waals surface area contributed by atoms with Crippen LogP contribution in [0.2, 0.25) is 0 Å². The van der Waals surface area contributed by atoms with E-state index in [4.69, 9.17) is 0 Å². The van der Waals surface area contributed by atoms with Crippen LogP contribution in [-0.4, -0.2) is 35.5 Å². The second kappa shape index (κ2) is 8.62. The number of carbonyl (C=O) groups is 1. The molecule has 0 saturated carbocycles. The van der Waals surface area contributed by atoms with Crippen LogP contribution in [0.25, 0.3) is 0 Å². The summed E-state index contributed by atoms with van der Waals surface area (Å²) in [5.41, 5.74) is 2.25. The molecular weight excluding hydrogens is 312 g/mol. The van der Waals surface area contributed by atoms with Crippen molar-refractivity contribution < 1.29 is 4.79 Å². The van der Waals surface area contributed by atoms with Gasteiger partial charge in [0.2, 0.25) is 0 Å². The highest BCUT2D eigenvalue weighted by Crippen LogP contribution is 2.24. The van der Waals surface area contributed by atoms with Gasteiger partial charge in [-0.15, -0.1) is 0 Å². The fourth-order valence-electron chi connectivity index (χ4n) is 3.34. The molecule has 5 nitrogen and oxygen atoms in total. The molecule has 25 heavy (non-hydrogen) atoms. The van der Waals surface area contributed by atoms with Gasteiger partial charge < -0.3 is 10.6 Å². The Morgan fingerprint density at radius 1 is 1.12 bits per heavy atom. The Hall–Kier alpha value is -2.40. The average molecular weight is 338 g/mol. The number of amides is 2. The summed E-state index contributed by atoms with van der Waals surface area (Å²) < 4.78 is 0. The number of aromatic nitrogens is 1. The molecule has 1 aliphatic heterocycles. The van der Waals surface area contributed by atoms with E-state index in [1.165, 1.54) is 18.4 Å². The van der Waals surface area contributed by atoms with Gasteiger partial charge in [0.05, 0.1) is 12.1 Å². The van der Waals surface area contributed by atoms with Crippen LogP contribution < -0.4 is 10.6 Å². The molecule has 0 bridgehead atoms. The van der Waals surface area contributed by atoms with Crippen LogP contribution in [-0.2, 0) is 0 Å². The highest BCUT2D eigenvalue weighted by atomic mass is 16.2. The lowest BCUT2D eigenvalue weighted by Gasteiger charge is -2.28. The maximum atomic E-state index is 12.3. The van der Waals surface area contributed by atoms with E-state index in [-0.39, 0.29) is 18.1 Å². The molecule has 2 aromatic rings. The lowest BCUT2D eigenvalue weighted by molar-refractivity contribution is 0.219. The molecule has 3 rings (SSSR count). The van der Waals surface area contributed by atoms with Crippen LogP contribution in [0.3, 0.4) is 0 Å². The van der Waals surface area contributed by atoms with Gasteiger partial charge in [-0.1, -0.05) is 36.4 Å². The van der Waals surface area contributed by atoms with Gasteiger partial charge in [0.1, 0.15) is 0 Å². The summed E-state index contributed by atoms with van der Waals surface area (Å²) in [6.07, 6.45) is 5.97. The minimum atomic E-state index is -0.142. The van der Waals surface area contributed by atoms with Gasteiger partial charge in [0.15, 0.2) is 0 Å². The smallest absolute Gasteiger partial charge is 0.315 e. The highest BCUT2D eigenvalue weighted by molar-refractivity contribution is 5.74. The van der Waals surface area contributed by atoms with E-state index in [1.807, 2.05) is 25.1 Å². The number of carbonyl (C=O) groups excluding carboxylic acids is 1. The van der Waals surface area contributed by atoms with E-state index in [0.717, 1.165) is 18.7 Å². The van der Waals surface area contributed by atoms with E-state index < -0.39 is 0 Å². The molecule has 1 saturated heterocycles. The molecule has 1 aliphatic rings. The zero-order chi connectivity index (χ0) is 17.5. The maximum absolute atomic E-state index is 12.3. The second-order valence-corrected chi connectivity index (χ2v) is 6.53. The van der Waals surface area contributed by atoms with Crippen molar-refractivity contribution in [2.75, 3.05) is 19.6 Å². The van der Waals surface area contributed by atoms with Gasteiger partial charge in [-0.2, -0.15) is 0 Å². The van der Waals surface area contributed by atoms with Crippen LogP contribution >= 0.6 is 0 Å². The summed E-state index contributed by atoms with van der Waals surface area (Å²) in [7, 11) is 0. The fourth-order valence-corrected chi connectivity index (χ4v) is 3.34. The molecule has 1 fully saturated rings. The zero-order valence-electron chi connectivity index (χ0n) is 14.7. The molecule has 1 aromatic heterocycles.